The highest BCUT2D eigenvalue weighted by molar-refractivity contribution is 9.10. The van der Waals surface area contributed by atoms with Gasteiger partial charge in [-0.15, -0.1) is 0 Å². The first kappa shape index (κ1) is 17.5. The zero-order valence-electron chi connectivity index (χ0n) is 10.8. The Morgan fingerprint density at radius 2 is 1.91 bits per heavy atom. The van der Waals surface area contributed by atoms with Gasteiger partial charge >= 0.3 is 0 Å². The summed E-state index contributed by atoms with van der Waals surface area (Å²) in [7, 11) is -4.04. The van der Waals surface area contributed by atoms with E-state index < -0.39 is 26.5 Å². The maximum Gasteiger partial charge on any atom is 0.244 e. The first-order valence-electron chi connectivity index (χ1n) is 5.82. The number of aromatic hydroxyl groups is 1. The fourth-order valence-electron chi connectivity index (χ4n) is 1.65. The van der Waals surface area contributed by atoms with Gasteiger partial charge in [0.15, 0.2) is 5.75 Å². The molecule has 0 radical (unpaired) electrons. The molecule has 4 nitrogen and oxygen atoms in total. The predicted molar refractivity (Wildman–Crippen MR) is 86.3 cm³/mol. The van der Waals surface area contributed by atoms with Gasteiger partial charge in [-0.05, 0) is 45.8 Å². The van der Waals surface area contributed by atoms with Crippen LogP contribution in [-0.4, -0.2) is 13.5 Å². The Bertz CT molecular complexity index is 830. The number of phenols is 1. The molecule has 22 heavy (non-hydrogen) atoms. The third-order valence-corrected chi connectivity index (χ3v) is 5.26. The minimum Gasteiger partial charge on any atom is -0.505 e. The monoisotopic (exact) mass is 427 g/mol. The van der Waals surface area contributed by atoms with Crippen LogP contribution in [0, 0.1) is 5.82 Å². The molecule has 0 amide bonds. The zero-order chi connectivity index (χ0) is 16.5. The number of nitrogens with one attached hydrogen (secondary N) is 1. The van der Waals surface area contributed by atoms with Crippen LogP contribution in [0.3, 0.4) is 0 Å². The van der Waals surface area contributed by atoms with Crippen LogP contribution in [0.1, 0.15) is 5.56 Å². The van der Waals surface area contributed by atoms with Gasteiger partial charge in [0.05, 0.1) is 9.50 Å². The molecule has 0 saturated carbocycles. The van der Waals surface area contributed by atoms with E-state index in [1.807, 2.05) is 0 Å². The highest BCUT2D eigenvalue weighted by Gasteiger charge is 2.21. The van der Waals surface area contributed by atoms with Crippen LogP contribution in [0.5, 0.6) is 5.75 Å². The summed E-state index contributed by atoms with van der Waals surface area (Å²) in [4.78, 5) is -0.425. The van der Waals surface area contributed by atoms with Crippen LogP contribution in [0.2, 0.25) is 10.0 Å². The number of hydrogen-bond acceptors (Lipinski definition) is 3. The number of phenolic OH excluding ortho intramolecular Hbond substituents is 1. The van der Waals surface area contributed by atoms with E-state index in [4.69, 9.17) is 23.2 Å². The summed E-state index contributed by atoms with van der Waals surface area (Å²) in [5, 5.41) is 9.68. The molecule has 2 aromatic carbocycles. The summed E-state index contributed by atoms with van der Waals surface area (Å²) in [6, 6.07) is 6.41. The molecule has 0 aliphatic heterocycles. The number of halogens is 4. The Hall–Kier alpha value is -0.860. The number of sulfonamides is 1. The smallest absolute Gasteiger partial charge is 0.244 e. The highest BCUT2D eigenvalue weighted by atomic mass is 79.9. The van der Waals surface area contributed by atoms with Crippen molar-refractivity contribution in [3.8, 4) is 5.75 Å². The fourth-order valence-corrected chi connectivity index (χ4v) is 3.85. The Labute approximate surface area is 145 Å². The summed E-state index contributed by atoms with van der Waals surface area (Å²) < 4.78 is 40.1. The normalized spacial score (nSPS) is 11.6. The van der Waals surface area contributed by atoms with Crippen molar-refractivity contribution in [1.29, 1.82) is 0 Å². The molecule has 0 bridgehead atoms. The summed E-state index contributed by atoms with van der Waals surface area (Å²) in [6.45, 7) is -0.0925. The second-order valence-electron chi connectivity index (χ2n) is 4.31. The van der Waals surface area contributed by atoms with Crippen LogP contribution in [0.15, 0.2) is 39.7 Å². The zero-order valence-corrected chi connectivity index (χ0v) is 14.7. The molecule has 9 heteroatoms. The largest absolute Gasteiger partial charge is 0.505 e. The van der Waals surface area contributed by atoms with Gasteiger partial charge in [0, 0.05) is 11.6 Å². The molecular weight excluding hydrogens is 420 g/mol. The van der Waals surface area contributed by atoms with Crippen LogP contribution >= 0.6 is 39.1 Å². The Morgan fingerprint density at radius 1 is 1.23 bits per heavy atom. The van der Waals surface area contributed by atoms with Gasteiger partial charge in [-0.1, -0.05) is 29.3 Å². The van der Waals surface area contributed by atoms with E-state index in [-0.39, 0.29) is 21.1 Å². The van der Waals surface area contributed by atoms with Crippen LogP contribution in [-0.2, 0) is 16.6 Å². The van der Waals surface area contributed by atoms with E-state index in [9.17, 15) is 17.9 Å². The average molecular weight is 429 g/mol. The maximum atomic E-state index is 13.1. The van der Waals surface area contributed by atoms with Crippen molar-refractivity contribution in [2.45, 2.75) is 11.4 Å². The third-order valence-electron chi connectivity index (χ3n) is 2.73. The summed E-state index contributed by atoms with van der Waals surface area (Å²) in [5.74, 6) is -1.04. The van der Waals surface area contributed by atoms with Gasteiger partial charge in [-0.25, -0.2) is 17.5 Å². The lowest BCUT2D eigenvalue weighted by Crippen LogP contribution is -2.23. The Morgan fingerprint density at radius 3 is 2.55 bits per heavy atom. The van der Waals surface area contributed by atoms with Gasteiger partial charge < -0.3 is 5.11 Å². The standard InChI is InChI=1S/C13H9BrCl2FNO3S/c14-9-3-7(1-2-11(9)17)6-18-22(20,21)12-5-8(15)4-10(16)13(12)19/h1-5,18-19H,6H2. The van der Waals surface area contributed by atoms with E-state index in [0.29, 0.717) is 5.56 Å². The molecule has 2 N–H and O–H groups in total. The molecule has 0 fully saturated rings. The van der Waals surface area contributed by atoms with Gasteiger partial charge in [0.25, 0.3) is 0 Å². The SMILES string of the molecule is O=S(=O)(NCc1ccc(F)c(Br)c1)c1cc(Cl)cc(Cl)c1O. The molecule has 0 atom stereocenters. The van der Waals surface area contributed by atoms with Gasteiger partial charge in [-0.3, -0.25) is 0 Å². The maximum absolute atomic E-state index is 13.1. The number of benzene rings is 2. The van der Waals surface area contributed by atoms with E-state index in [0.717, 1.165) is 6.07 Å². The van der Waals surface area contributed by atoms with E-state index in [1.54, 1.807) is 0 Å². The Balaban J connectivity index is 2.27. The van der Waals surface area contributed by atoms with Crippen molar-refractivity contribution >= 4 is 49.2 Å². The molecule has 0 aromatic heterocycles. The third kappa shape index (κ3) is 3.91. The average Bonchev–Trinajstić information content (AvgIpc) is 2.44. The van der Waals surface area contributed by atoms with Gasteiger partial charge in [0.2, 0.25) is 10.0 Å². The van der Waals surface area contributed by atoms with Crippen LogP contribution in [0.4, 0.5) is 4.39 Å². The van der Waals surface area contributed by atoms with Crippen molar-refractivity contribution in [1.82, 2.24) is 4.72 Å². The Kier molecular flexibility index (Phi) is 5.34. The van der Waals surface area contributed by atoms with Crippen molar-refractivity contribution < 1.29 is 17.9 Å². The first-order valence-corrected chi connectivity index (χ1v) is 8.85. The van der Waals surface area contributed by atoms with Crippen LogP contribution in [0.25, 0.3) is 0 Å². The van der Waals surface area contributed by atoms with E-state index in [1.165, 1.54) is 24.3 Å². The highest BCUT2D eigenvalue weighted by Crippen LogP contribution is 2.34. The molecule has 0 spiro atoms. The molecule has 0 aliphatic rings. The fraction of sp³-hybridized carbons (Fsp3) is 0.0769. The summed E-state index contributed by atoms with van der Waals surface area (Å²) in [6.07, 6.45) is 0. The predicted octanol–water partition coefficient (Wildman–Crippen LogP) is 4.08. The first-order chi connectivity index (χ1) is 10.2. The number of rotatable bonds is 4. The molecule has 2 rings (SSSR count). The molecule has 0 saturated heterocycles. The topological polar surface area (TPSA) is 66.4 Å². The van der Waals surface area contributed by atoms with Crippen LogP contribution < -0.4 is 4.72 Å². The minimum absolute atomic E-state index is 0.0766. The molecule has 118 valence electrons. The second kappa shape index (κ2) is 6.72. The van der Waals surface area contributed by atoms with Crippen molar-refractivity contribution in [3.05, 3.63) is 56.2 Å². The van der Waals surface area contributed by atoms with Gasteiger partial charge in [0.1, 0.15) is 10.7 Å². The lowest BCUT2D eigenvalue weighted by Gasteiger charge is -2.10. The lowest BCUT2D eigenvalue weighted by atomic mass is 10.2. The summed E-state index contributed by atoms with van der Waals surface area (Å²) >= 11 is 14.5. The van der Waals surface area contributed by atoms with Crippen molar-refractivity contribution in [2.24, 2.45) is 0 Å². The summed E-state index contributed by atoms with van der Waals surface area (Å²) in [5.41, 5.74) is 0.532. The molecule has 0 heterocycles. The molecule has 2 aromatic rings. The second-order valence-corrected chi connectivity index (χ2v) is 7.74. The molecular formula is C13H9BrCl2FNO3S. The quantitative estimate of drug-likeness (QED) is 0.770. The minimum atomic E-state index is -4.04. The number of hydrogen-bond donors (Lipinski definition) is 2. The van der Waals surface area contributed by atoms with E-state index in [2.05, 4.69) is 20.7 Å². The lowest BCUT2D eigenvalue weighted by molar-refractivity contribution is 0.458. The molecule has 0 aliphatic carbocycles. The van der Waals surface area contributed by atoms with Crippen molar-refractivity contribution in [3.63, 3.8) is 0 Å². The van der Waals surface area contributed by atoms with E-state index >= 15 is 0 Å². The van der Waals surface area contributed by atoms with Gasteiger partial charge in [-0.2, -0.15) is 0 Å². The van der Waals surface area contributed by atoms with Crippen molar-refractivity contribution in [2.75, 3.05) is 0 Å². The molecule has 0 unspecified atom stereocenters.